The molecule has 9 heteroatoms. The molecule has 2 aliphatic rings. The zero-order chi connectivity index (χ0) is 27.6. The first-order valence-electron chi connectivity index (χ1n) is 13.9. The predicted molar refractivity (Wildman–Crippen MR) is 157 cm³/mol. The largest absolute Gasteiger partial charge is 0.368 e. The van der Waals surface area contributed by atoms with Gasteiger partial charge in [-0.1, -0.05) is 18.2 Å². The van der Waals surface area contributed by atoms with Crippen LogP contribution in [0.15, 0.2) is 60.1 Å². The molecule has 0 aliphatic carbocycles. The summed E-state index contributed by atoms with van der Waals surface area (Å²) in [6.45, 7) is 5.75. The third-order valence-corrected chi connectivity index (χ3v) is 9.17. The van der Waals surface area contributed by atoms with Gasteiger partial charge in [0, 0.05) is 78.9 Å². The van der Waals surface area contributed by atoms with E-state index in [9.17, 15) is 14.4 Å². The maximum Gasteiger partial charge on any atom is 0.273 e. The Labute approximate surface area is 237 Å². The highest BCUT2D eigenvalue weighted by atomic mass is 32.1. The second kappa shape index (κ2) is 11.3. The van der Waals surface area contributed by atoms with Gasteiger partial charge in [-0.05, 0) is 55.7 Å². The number of anilines is 1. The van der Waals surface area contributed by atoms with Gasteiger partial charge in [0.2, 0.25) is 5.91 Å². The van der Waals surface area contributed by atoms with Crippen LogP contribution in [-0.2, 0) is 11.2 Å². The van der Waals surface area contributed by atoms with E-state index in [0.29, 0.717) is 43.9 Å². The van der Waals surface area contributed by atoms with E-state index in [1.54, 1.807) is 18.3 Å². The lowest BCUT2D eigenvalue weighted by Crippen LogP contribution is -2.48. The normalized spacial score (nSPS) is 16.5. The summed E-state index contributed by atoms with van der Waals surface area (Å²) in [4.78, 5) is 51.8. The maximum atomic E-state index is 13.2. The van der Waals surface area contributed by atoms with Crippen molar-refractivity contribution in [2.75, 3.05) is 44.2 Å². The highest BCUT2D eigenvalue weighted by molar-refractivity contribution is 7.09. The molecule has 2 amide bonds. The van der Waals surface area contributed by atoms with Gasteiger partial charge >= 0.3 is 0 Å². The molecule has 206 valence electrons. The zero-order valence-electron chi connectivity index (χ0n) is 22.6. The fraction of sp³-hybridized carbons (Fsp3) is 0.355. The van der Waals surface area contributed by atoms with Gasteiger partial charge in [-0.2, -0.15) is 0 Å². The number of H-pyrrole nitrogens is 1. The van der Waals surface area contributed by atoms with Gasteiger partial charge in [0.25, 0.3) is 5.91 Å². The first-order chi connectivity index (χ1) is 19.5. The lowest BCUT2D eigenvalue weighted by molar-refractivity contribution is -0.131. The highest BCUT2D eigenvalue weighted by Crippen LogP contribution is 2.31. The summed E-state index contributed by atoms with van der Waals surface area (Å²) in [5.41, 5.74) is 4.40. The van der Waals surface area contributed by atoms with Crippen molar-refractivity contribution in [3.8, 4) is 0 Å². The van der Waals surface area contributed by atoms with Crippen LogP contribution >= 0.6 is 11.3 Å². The summed E-state index contributed by atoms with van der Waals surface area (Å²) in [6.07, 6.45) is 4.07. The lowest BCUT2D eigenvalue weighted by atomic mass is 9.97. The number of hydrogen-bond donors (Lipinski definition) is 1. The maximum absolute atomic E-state index is 13.2. The van der Waals surface area contributed by atoms with Gasteiger partial charge in [0.05, 0.1) is 11.4 Å². The van der Waals surface area contributed by atoms with E-state index in [2.05, 4.69) is 16.0 Å². The smallest absolute Gasteiger partial charge is 0.273 e. The topological polar surface area (TPSA) is 89.6 Å². The molecular weight excluding hydrogens is 522 g/mol. The Balaban J connectivity index is 0.999. The van der Waals surface area contributed by atoms with Crippen molar-refractivity contribution in [1.29, 1.82) is 0 Å². The second-order valence-electron chi connectivity index (χ2n) is 10.6. The number of piperazine rings is 1. The van der Waals surface area contributed by atoms with E-state index in [1.165, 1.54) is 0 Å². The molecular formula is C31H33N5O3S. The Morgan fingerprint density at radius 1 is 0.925 bits per heavy atom. The van der Waals surface area contributed by atoms with Crippen molar-refractivity contribution in [2.24, 2.45) is 0 Å². The predicted octanol–water partition coefficient (Wildman–Crippen LogP) is 4.74. The van der Waals surface area contributed by atoms with Gasteiger partial charge in [0.1, 0.15) is 5.69 Å². The van der Waals surface area contributed by atoms with Gasteiger partial charge in [-0.3, -0.25) is 14.4 Å². The third kappa shape index (κ3) is 5.38. The standard InChI is InChI=1S/C31H33N5O3S/c1-21(37)22-6-8-25(9-7-22)34-14-16-36(17-15-34)31(39)28-20-40-30(33-28)23-10-12-35(13-11-23)29(38)18-24-19-32-27-5-3-2-4-26(24)27/h2-9,19-20,23,32H,10-18H2,1H3. The summed E-state index contributed by atoms with van der Waals surface area (Å²) in [5.74, 6) is 0.483. The van der Waals surface area contributed by atoms with Gasteiger partial charge in [-0.15, -0.1) is 11.3 Å². The first kappa shape index (κ1) is 26.3. The molecule has 8 nitrogen and oxygen atoms in total. The van der Waals surface area contributed by atoms with Crippen LogP contribution in [0.2, 0.25) is 0 Å². The molecule has 0 radical (unpaired) electrons. The first-order valence-corrected chi connectivity index (χ1v) is 14.8. The van der Waals surface area contributed by atoms with E-state index in [-0.39, 0.29) is 23.5 Å². The number of hydrogen-bond acceptors (Lipinski definition) is 6. The van der Waals surface area contributed by atoms with Crippen molar-refractivity contribution in [3.63, 3.8) is 0 Å². The number of aromatic amines is 1. The number of rotatable bonds is 6. The van der Waals surface area contributed by atoms with Crippen LogP contribution in [0.5, 0.6) is 0 Å². The van der Waals surface area contributed by atoms with Crippen molar-refractivity contribution in [1.82, 2.24) is 19.8 Å². The molecule has 2 aliphatic heterocycles. The fourth-order valence-electron chi connectivity index (χ4n) is 5.74. The number of carbonyl (C=O) groups excluding carboxylic acids is 3. The number of piperidine rings is 1. The Morgan fingerprint density at radius 3 is 2.38 bits per heavy atom. The number of aromatic nitrogens is 2. The molecule has 4 aromatic rings. The Hall–Kier alpha value is -3.98. The number of amides is 2. The summed E-state index contributed by atoms with van der Waals surface area (Å²) in [6, 6.07) is 15.7. The van der Waals surface area contributed by atoms with E-state index in [4.69, 9.17) is 4.98 Å². The second-order valence-corrected chi connectivity index (χ2v) is 11.5. The minimum Gasteiger partial charge on any atom is -0.368 e. The van der Waals surface area contributed by atoms with Gasteiger partial charge < -0.3 is 19.7 Å². The van der Waals surface area contributed by atoms with Crippen LogP contribution in [0.3, 0.4) is 0 Å². The van der Waals surface area contributed by atoms with Crippen LogP contribution < -0.4 is 4.90 Å². The van der Waals surface area contributed by atoms with Crippen LogP contribution in [0.25, 0.3) is 10.9 Å². The monoisotopic (exact) mass is 555 g/mol. The summed E-state index contributed by atoms with van der Waals surface area (Å²) in [7, 11) is 0. The Bertz CT molecular complexity index is 1530. The Morgan fingerprint density at radius 2 is 1.65 bits per heavy atom. The van der Waals surface area contributed by atoms with Crippen molar-refractivity contribution < 1.29 is 14.4 Å². The molecule has 2 saturated heterocycles. The molecule has 0 unspecified atom stereocenters. The minimum atomic E-state index is -0.0135. The average Bonchev–Trinajstić information content (AvgIpc) is 3.65. The van der Waals surface area contributed by atoms with Gasteiger partial charge in [-0.25, -0.2) is 4.98 Å². The van der Waals surface area contributed by atoms with Crippen LogP contribution in [-0.4, -0.2) is 76.6 Å². The number of ketones is 1. The highest BCUT2D eigenvalue weighted by Gasteiger charge is 2.28. The molecule has 4 heterocycles. The SMILES string of the molecule is CC(=O)c1ccc(N2CCN(C(=O)c3csc(C4CCN(C(=O)Cc5c[nH]c6ccccc56)CC4)n3)CC2)cc1. The molecule has 2 fully saturated rings. The number of nitrogens with zero attached hydrogens (tertiary/aromatic N) is 4. The van der Waals surface area contributed by atoms with Crippen LogP contribution in [0.1, 0.15) is 57.1 Å². The van der Waals surface area contributed by atoms with Crippen molar-refractivity contribution in [2.45, 2.75) is 32.1 Å². The van der Waals surface area contributed by atoms with Gasteiger partial charge in [0.15, 0.2) is 5.78 Å². The van der Waals surface area contributed by atoms with E-state index >= 15 is 0 Å². The van der Waals surface area contributed by atoms with E-state index < -0.39 is 0 Å². The number of Topliss-reactive ketones (excluding diaryl/α,β-unsaturated/α-hetero) is 1. The number of benzene rings is 2. The Kier molecular flexibility index (Phi) is 7.38. The van der Waals surface area contributed by atoms with E-state index in [1.807, 2.05) is 63.8 Å². The molecule has 6 rings (SSSR count). The van der Waals surface area contributed by atoms with Crippen molar-refractivity contribution in [3.05, 3.63) is 81.9 Å². The summed E-state index contributed by atoms with van der Waals surface area (Å²) >= 11 is 1.56. The third-order valence-electron chi connectivity index (χ3n) is 8.16. The number of likely N-dealkylation sites (tertiary alicyclic amines) is 1. The average molecular weight is 556 g/mol. The quantitative estimate of drug-likeness (QED) is 0.347. The molecule has 0 bridgehead atoms. The van der Waals surface area contributed by atoms with Crippen molar-refractivity contribution >= 4 is 45.5 Å². The van der Waals surface area contributed by atoms with E-state index in [0.717, 1.165) is 53.1 Å². The molecule has 0 saturated carbocycles. The number of nitrogens with one attached hydrogen (secondary N) is 1. The molecule has 40 heavy (non-hydrogen) atoms. The summed E-state index contributed by atoms with van der Waals surface area (Å²) < 4.78 is 0. The van der Waals surface area contributed by atoms with Crippen LogP contribution in [0.4, 0.5) is 5.69 Å². The molecule has 0 spiro atoms. The number of para-hydroxylation sites is 1. The molecule has 2 aromatic carbocycles. The number of fused-ring (bicyclic) bond motifs is 1. The number of carbonyl (C=O) groups is 3. The lowest BCUT2D eigenvalue weighted by Gasteiger charge is -2.36. The molecule has 1 N–H and O–H groups in total. The minimum absolute atomic E-state index is 0.0135. The molecule has 0 atom stereocenters. The molecule has 2 aromatic heterocycles. The summed E-state index contributed by atoms with van der Waals surface area (Å²) in [5, 5.41) is 3.99. The van der Waals surface area contributed by atoms with Crippen LogP contribution in [0, 0.1) is 0 Å². The zero-order valence-corrected chi connectivity index (χ0v) is 23.5. The fourth-order valence-corrected chi connectivity index (χ4v) is 6.70. The number of thiazole rings is 1.